The highest BCUT2D eigenvalue weighted by molar-refractivity contribution is 6.30. The van der Waals surface area contributed by atoms with E-state index in [0.717, 1.165) is 22.9 Å². The van der Waals surface area contributed by atoms with Gasteiger partial charge in [0.25, 0.3) is 5.91 Å². The van der Waals surface area contributed by atoms with Crippen molar-refractivity contribution in [2.45, 2.75) is 26.7 Å². The third-order valence-electron chi connectivity index (χ3n) is 5.95. The Labute approximate surface area is 203 Å². The number of nitrogens with one attached hydrogen (secondary N) is 1. The van der Waals surface area contributed by atoms with Crippen LogP contribution in [0.5, 0.6) is 0 Å². The Balaban J connectivity index is 1.66. The van der Waals surface area contributed by atoms with E-state index in [1.54, 1.807) is 47.0 Å². The minimum atomic E-state index is -0.217. The van der Waals surface area contributed by atoms with Crippen LogP contribution in [-0.2, 0) is 17.6 Å². The number of benzene rings is 3. The molecule has 0 fully saturated rings. The number of hydrogen-bond acceptors (Lipinski definition) is 3. The lowest BCUT2D eigenvalue weighted by Gasteiger charge is -2.08. The highest BCUT2D eigenvalue weighted by Gasteiger charge is 2.22. The van der Waals surface area contributed by atoms with Gasteiger partial charge in [-0.15, -0.1) is 0 Å². The van der Waals surface area contributed by atoms with Gasteiger partial charge in [-0.05, 0) is 73.9 Å². The third-order valence-corrected chi connectivity index (χ3v) is 6.20. The molecule has 4 rings (SSSR count). The first kappa shape index (κ1) is 23.5. The number of hydrogen-bond donors (Lipinski definition) is 1. The van der Waals surface area contributed by atoms with Crippen molar-refractivity contribution in [3.63, 3.8) is 0 Å². The van der Waals surface area contributed by atoms with Crippen LogP contribution in [0.15, 0.2) is 72.8 Å². The van der Waals surface area contributed by atoms with Gasteiger partial charge in [0.05, 0.1) is 11.9 Å². The molecule has 1 N–H and O–H groups in total. The fourth-order valence-electron chi connectivity index (χ4n) is 4.12. The normalized spacial score (nSPS) is 10.9. The Kier molecular flexibility index (Phi) is 6.94. The van der Waals surface area contributed by atoms with Crippen LogP contribution in [0.4, 0.5) is 0 Å². The van der Waals surface area contributed by atoms with Crippen molar-refractivity contribution in [2.24, 2.45) is 0 Å². The van der Waals surface area contributed by atoms with Crippen molar-refractivity contribution in [1.29, 1.82) is 0 Å². The number of fused-ring (bicyclic) bond motifs is 1. The van der Waals surface area contributed by atoms with Crippen molar-refractivity contribution >= 4 is 40.1 Å². The minimum absolute atomic E-state index is 0.0745. The van der Waals surface area contributed by atoms with Gasteiger partial charge in [-0.1, -0.05) is 41.9 Å². The molecule has 0 spiro atoms. The molecule has 0 atom stereocenters. The van der Waals surface area contributed by atoms with E-state index in [9.17, 15) is 14.4 Å². The fraction of sp³-hybridized carbons (Fsp3) is 0.179. The summed E-state index contributed by atoms with van der Waals surface area (Å²) >= 11 is 5.98. The summed E-state index contributed by atoms with van der Waals surface area (Å²) in [6, 6.07) is 21.9. The van der Waals surface area contributed by atoms with Crippen molar-refractivity contribution in [1.82, 2.24) is 9.88 Å². The first-order chi connectivity index (χ1) is 16.3. The number of halogens is 1. The number of aromatic nitrogens is 1. The zero-order valence-corrected chi connectivity index (χ0v) is 19.9. The average Bonchev–Trinajstić information content (AvgIpc) is 3.10. The van der Waals surface area contributed by atoms with Crippen LogP contribution in [0.1, 0.15) is 44.5 Å². The van der Waals surface area contributed by atoms with E-state index in [-0.39, 0.29) is 24.0 Å². The first-order valence-electron chi connectivity index (χ1n) is 11.1. The lowest BCUT2D eigenvalue weighted by Crippen LogP contribution is -2.27. The Bertz CT molecular complexity index is 1370. The molecule has 6 heteroatoms. The van der Waals surface area contributed by atoms with Crippen LogP contribution in [0.2, 0.25) is 5.02 Å². The summed E-state index contributed by atoms with van der Waals surface area (Å²) in [6.45, 7) is 3.84. The van der Waals surface area contributed by atoms with Crippen LogP contribution in [0.3, 0.4) is 0 Å². The summed E-state index contributed by atoms with van der Waals surface area (Å²) in [7, 11) is 0. The Morgan fingerprint density at radius 1 is 0.912 bits per heavy atom. The third kappa shape index (κ3) is 4.95. The van der Waals surface area contributed by atoms with E-state index in [1.165, 1.54) is 6.92 Å². The molecule has 0 aliphatic heterocycles. The summed E-state index contributed by atoms with van der Waals surface area (Å²) in [4.78, 5) is 38.2. The predicted molar refractivity (Wildman–Crippen MR) is 135 cm³/mol. The molecule has 34 heavy (non-hydrogen) atoms. The zero-order chi connectivity index (χ0) is 24.2. The van der Waals surface area contributed by atoms with E-state index in [1.807, 2.05) is 37.3 Å². The monoisotopic (exact) mass is 472 g/mol. The predicted octanol–water partition coefficient (Wildman–Crippen LogP) is 5.40. The van der Waals surface area contributed by atoms with E-state index >= 15 is 0 Å². The zero-order valence-electron chi connectivity index (χ0n) is 19.1. The Morgan fingerprint density at radius 3 is 2.26 bits per heavy atom. The van der Waals surface area contributed by atoms with Crippen LogP contribution in [-0.4, -0.2) is 28.7 Å². The summed E-state index contributed by atoms with van der Waals surface area (Å²) in [5.41, 5.74) is 4.24. The SMILES string of the molecule is CC(=O)c1ccc2c(c1)c(CC(=O)NCCc1ccccc1)c(C)n2C(=O)c1ccc(Cl)cc1. The number of carbonyl (C=O) groups is 3. The van der Waals surface area contributed by atoms with Gasteiger partial charge >= 0.3 is 0 Å². The summed E-state index contributed by atoms with van der Waals surface area (Å²) in [5, 5.41) is 4.24. The Morgan fingerprint density at radius 2 is 1.59 bits per heavy atom. The molecule has 5 nitrogen and oxygen atoms in total. The lowest BCUT2D eigenvalue weighted by atomic mass is 10.0. The molecule has 0 saturated heterocycles. The lowest BCUT2D eigenvalue weighted by molar-refractivity contribution is -0.120. The number of rotatable bonds is 7. The molecule has 0 bridgehead atoms. The van der Waals surface area contributed by atoms with Crippen molar-refractivity contribution in [3.05, 3.63) is 106 Å². The van der Waals surface area contributed by atoms with Crippen LogP contribution in [0.25, 0.3) is 10.9 Å². The smallest absolute Gasteiger partial charge is 0.262 e. The van der Waals surface area contributed by atoms with Gasteiger partial charge in [-0.25, -0.2) is 0 Å². The topological polar surface area (TPSA) is 68.2 Å². The molecular formula is C28H25ClN2O3. The number of nitrogens with zero attached hydrogens (tertiary/aromatic N) is 1. The molecule has 0 aliphatic rings. The van der Waals surface area contributed by atoms with Crippen LogP contribution in [0, 0.1) is 6.92 Å². The van der Waals surface area contributed by atoms with Gasteiger partial charge in [-0.3, -0.25) is 19.0 Å². The highest BCUT2D eigenvalue weighted by atomic mass is 35.5. The van der Waals surface area contributed by atoms with Gasteiger partial charge < -0.3 is 5.32 Å². The summed E-state index contributed by atoms with van der Waals surface area (Å²) < 4.78 is 1.61. The molecule has 172 valence electrons. The Hall–Kier alpha value is -3.70. The molecule has 1 aromatic heterocycles. The highest BCUT2D eigenvalue weighted by Crippen LogP contribution is 2.29. The van der Waals surface area contributed by atoms with E-state index in [2.05, 4.69) is 5.32 Å². The molecule has 0 aliphatic carbocycles. The maximum absolute atomic E-state index is 13.4. The molecule has 0 radical (unpaired) electrons. The standard InChI is InChI=1S/C28H25ClN2O3/c1-18-24(17-27(33)30-15-14-20-6-4-3-5-7-20)25-16-22(19(2)32)10-13-26(25)31(18)28(34)21-8-11-23(29)12-9-21/h3-13,16H,14-15,17H2,1-2H3,(H,30,33). The van der Waals surface area contributed by atoms with Crippen molar-refractivity contribution in [3.8, 4) is 0 Å². The maximum atomic E-state index is 13.4. The number of Topliss-reactive ketones (excluding diaryl/α,β-unsaturated/α-hetero) is 1. The van der Waals surface area contributed by atoms with Gasteiger partial charge in [0.15, 0.2) is 5.78 Å². The molecule has 0 unspecified atom stereocenters. The molecule has 4 aromatic rings. The maximum Gasteiger partial charge on any atom is 0.262 e. The number of ketones is 1. The first-order valence-corrected chi connectivity index (χ1v) is 11.5. The van der Waals surface area contributed by atoms with Crippen LogP contribution >= 0.6 is 11.6 Å². The summed E-state index contributed by atoms with van der Waals surface area (Å²) in [6.07, 6.45) is 0.843. The quantitative estimate of drug-likeness (QED) is 0.366. The van der Waals surface area contributed by atoms with E-state index in [4.69, 9.17) is 11.6 Å². The van der Waals surface area contributed by atoms with Gasteiger partial charge in [0.2, 0.25) is 5.91 Å². The second-order valence-corrected chi connectivity index (χ2v) is 8.70. The number of carbonyl (C=O) groups excluding carboxylic acids is 3. The molecule has 3 aromatic carbocycles. The summed E-state index contributed by atoms with van der Waals surface area (Å²) in [5.74, 6) is -0.426. The molecule has 1 heterocycles. The second kappa shape index (κ2) is 10.1. The van der Waals surface area contributed by atoms with Gasteiger partial charge in [0.1, 0.15) is 0 Å². The largest absolute Gasteiger partial charge is 0.355 e. The molecular weight excluding hydrogens is 448 g/mol. The minimum Gasteiger partial charge on any atom is -0.355 e. The van der Waals surface area contributed by atoms with Crippen molar-refractivity contribution in [2.75, 3.05) is 6.54 Å². The molecule has 1 amide bonds. The second-order valence-electron chi connectivity index (χ2n) is 8.26. The van der Waals surface area contributed by atoms with Crippen LogP contribution < -0.4 is 5.32 Å². The van der Waals surface area contributed by atoms with E-state index in [0.29, 0.717) is 33.9 Å². The van der Waals surface area contributed by atoms with Crippen molar-refractivity contribution < 1.29 is 14.4 Å². The molecule has 0 saturated carbocycles. The van der Waals surface area contributed by atoms with Gasteiger partial charge in [-0.2, -0.15) is 0 Å². The van der Waals surface area contributed by atoms with Gasteiger partial charge in [0, 0.05) is 33.8 Å². The number of amides is 1. The van der Waals surface area contributed by atoms with E-state index < -0.39 is 0 Å². The fourth-order valence-corrected chi connectivity index (χ4v) is 4.25. The average molecular weight is 473 g/mol.